The van der Waals surface area contributed by atoms with Crippen LogP contribution in [0.15, 0.2) is 10.5 Å². The summed E-state index contributed by atoms with van der Waals surface area (Å²) in [6.07, 6.45) is 0. The third-order valence-corrected chi connectivity index (χ3v) is 4.63. The van der Waals surface area contributed by atoms with Crippen molar-refractivity contribution < 1.29 is 5.11 Å². The van der Waals surface area contributed by atoms with Crippen LogP contribution in [-0.4, -0.2) is 42.8 Å². The zero-order valence-corrected chi connectivity index (χ0v) is 13.4. The van der Waals surface area contributed by atoms with Gasteiger partial charge in [-0.2, -0.15) is 0 Å². The Kier molecular flexibility index (Phi) is 5.89. The summed E-state index contributed by atoms with van der Waals surface area (Å²) in [5.41, 5.74) is -0.720. The fourth-order valence-electron chi connectivity index (χ4n) is 1.67. The standard InChI is InChI=1S/C11H18BrClN2OS/c1-11(16,7-15(2)3)6-14-5-8-4-9(12)10(13)17-8/h4,14,16H,5-7H2,1-3H3/t11-/m0/s1. The van der Waals surface area contributed by atoms with Crippen LogP contribution in [-0.2, 0) is 6.54 Å². The van der Waals surface area contributed by atoms with Gasteiger partial charge < -0.3 is 15.3 Å². The van der Waals surface area contributed by atoms with Crippen LogP contribution in [0.2, 0.25) is 4.34 Å². The number of thiophene rings is 1. The smallest absolute Gasteiger partial charge is 0.107 e. The molecule has 2 N–H and O–H groups in total. The molecule has 0 aliphatic rings. The monoisotopic (exact) mass is 340 g/mol. The molecule has 0 saturated carbocycles. The van der Waals surface area contributed by atoms with Crippen LogP contribution in [0.1, 0.15) is 11.8 Å². The van der Waals surface area contributed by atoms with Crippen molar-refractivity contribution in [2.24, 2.45) is 0 Å². The molecule has 6 heteroatoms. The predicted molar refractivity (Wildman–Crippen MR) is 77.9 cm³/mol. The number of rotatable bonds is 6. The summed E-state index contributed by atoms with van der Waals surface area (Å²) < 4.78 is 1.70. The van der Waals surface area contributed by atoms with Crippen LogP contribution in [0.4, 0.5) is 0 Å². The largest absolute Gasteiger partial charge is 0.388 e. The SMILES string of the molecule is CN(C)C[C@@](C)(O)CNCc1cc(Br)c(Cl)s1. The van der Waals surface area contributed by atoms with E-state index in [4.69, 9.17) is 11.6 Å². The maximum atomic E-state index is 10.1. The third kappa shape index (κ3) is 5.68. The van der Waals surface area contributed by atoms with Crippen molar-refractivity contribution in [2.45, 2.75) is 19.1 Å². The fraction of sp³-hybridized carbons (Fsp3) is 0.636. The topological polar surface area (TPSA) is 35.5 Å². The van der Waals surface area contributed by atoms with E-state index < -0.39 is 5.60 Å². The molecule has 0 aromatic carbocycles. The molecular weight excluding hydrogens is 324 g/mol. The van der Waals surface area contributed by atoms with E-state index in [2.05, 4.69) is 21.2 Å². The Morgan fingerprint density at radius 2 is 2.24 bits per heavy atom. The Morgan fingerprint density at radius 3 is 2.71 bits per heavy atom. The lowest BCUT2D eigenvalue weighted by molar-refractivity contribution is 0.0336. The van der Waals surface area contributed by atoms with Gasteiger partial charge in [0.2, 0.25) is 0 Å². The van der Waals surface area contributed by atoms with Gasteiger partial charge in [0.1, 0.15) is 4.34 Å². The summed E-state index contributed by atoms with van der Waals surface area (Å²) in [6.45, 7) is 3.74. The van der Waals surface area contributed by atoms with E-state index >= 15 is 0 Å². The molecule has 0 saturated heterocycles. The maximum absolute atomic E-state index is 10.1. The molecule has 0 spiro atoms. The van der Waals surface area contributed by atoms with Crippen LogP contribution in [0, 0.1) is 0 Å². The van der Waals surface area contributed by atoms with E-state index in [1.807, 2.05) is 32.0 Å². The van der Waals surface area contributed by atoms with Gasteiger partial charge in [-0.3, -0.25) is 0 Å². The van der Waals surface area contributed by atoms with Gasteiger partial charge in [0.15, 0.2) is 0 Å². The lowest BCUT2D eigenvalue weighted by Gasteiger charge is -2.27. The van der Waals surface area contributed by atoms with Gasteiger partial charge in [-0.05, 0) is 43.0 Å². The van der Waals surface area contributed by atoms with Crippen molar-refractivity contribution in [3.63, 3.8) is 0 Å². The second kappa shape index (κ2) is 6.50. The third-order valence-electron chi connectivity index (χ3n) is 2.16. The van der Waals surface area contributed by atoms with Crippen molar-refractivity contribution in [2.75, 3.05) is 27.2 Å². The molecule has 0 aliphatic carbocycles. The number of hydrogen-bond donors (Lipinski definition) is 2. The minimum Gasteiger partial charge on any atom is -0.388 e. The van der Waals surface area contributed by atoms with Crippen LogP contribution in [0.5, 0.6) is 0 Å². The molecule has 0 amide bonds. The van der Waals surface area contributed by atoms with Crippen molar-refractivity contribution in [3.8, 4) is 0 Å². The Hall–Kier alpha value is 0.350. The molecule has 1 atom stereocenters. The summed E-state index contributed by atoms with van der Waals surface area (Å²) in [4.78, 5) is 3.13. The molecule has 0 fully saturated rings. The second-order valence-electron chi connectivity index (χ2n) is 4.67. The number of likely N-dealkylation sites (N-methyl/N-ethyl adjacent to an activating group) is 1. The number of hydrogen-bond acceptors (Lipinski definition) is 4. The van der Waals surface area contributed by atoms with Gasteiger partial charge in [-0.25, -0.2) is 0 Å². The second-order valence-corrected chi connectivity index (χ2v) is 7.27. The average molecular weight is 342 g/mol. The first-order valence-electron chi connectivity index (χ1n) is 5.32. The van der Waals surface area contributed by atoms with Gasteiger partial charge in [0.25, 0.3) is 0 Å². The zero-order chi connectivity index (χ0) is 13.1. The quantitative estimate of drug-likeness (QED) is 0.835. The molecular formula is C11H18BrClN2OS. The van der Waals surface area contributed by atoms with Crippen LogP contribution in [0.3, 0.4) is 0 Å². The van der Waals surface area contributed by atoms with E-state index in [0.717, 1.165) is 20.2 Å². The number of nitrogens with zero attached hydrogens (tertiary/aromatic N) is 1. The summed E-state index contributed by atoms with van der Waals surface area (Å²) in [6, 6.07) is 2.00. The summed E-state index contributed by atoms with van der Waals surface area (Å²) in [5.74, 6) is 0. The van der Waals surface area contributed by atoms with Crippen molar-refractivity contribution in [1.82, 2.24) is 10.2 Å². The molecule has 0 bridgehead atoms. The van der Waals surface area contributed by atoms with E-state index in [1.165, 1.54) is 0 Å². The predicted octanol–water partition coefficient (Wildman–Crippen LogP) is 2.57. The van der Waals surface area contributed by atoms with E-state index in [0.29, 0.717) is 13.1 Å². The lowest BCUT2D eigenvalue weighted by Crippen LogP contribution is -2.45. The normalized spacial score (nSPS) is 15.2. The van der Waals surface area contributed by atoms with Gasteiger partial charge in [0, 0.05) is 29.0 Å². The maximum Gasteiger partial charge on any atom is 0.107 e. The Labute approximate surface area is 120 Å². The highest BCUT2D eigenvalue weighted by Gasteiger charge is 2.20. The van der Waals surface area contributed by atoms with Crippen molar-refractivity contribution in [1.29, 1.82) is 0 Å². The van der Waals surface area contributed by atoms with Gasteiger partial charge in [-0.15, -0.1) is 11.3 Å². The molecule has 1 heterocycles. The molecule has 1 rings (SSSR count). The zero-order valence-electron chi connectivity index (χ0n) is 10.3. The molecule has 17 heavy (non-hydrogen) atoms. The van der Waals surface area contributed by atoms with Gasteiger partial charge in [0.05, 0.1) is 5.60 Å². The molecule has 1 aromatic heterocycles. The molecule has 98 valence electrons. The van der Waals surface area contributed by atoms with Crippen LogP contribution in [0.25, 0.3) is 0 Å². The van der Waals surface area contributed by atoms with Crippen molar-refractivity contribution >= 4 is 38.9 Å². The summed E-state index contributed by atoms with van der Waals surface area (Å²) >= 11 is 10.9. The minimum absolute atomic E-state index is 0.554. The fourth-order valence-corrected chi connectivity index (χ4v) is 3.43. The van der Waals surface area contributed by atoms with Crippen molar-refractivity contribution in [3.05, 3.63) is 19.8 Å². The highest BCUT2D eigenvalue weighted by atomic mass is 79.9. The summed E-state index contributed by atoms with van der Waals surface area (Å²) in [7, 11) is 3.90. The van der Waals surface area contributed by atoms with Crippen LogP contribution < -0.4 is 5.32 Å². The first-order chi connectivity index (χ1) is 7.80. The van der Waals surface area contributed by atoms with E-state index in [-0.39, 0.29) is 0 Å². The van der Waals surface area contributed by atoms with Gasteiger partial charge in [-0.1, -0.05) is 11.6 Å². The highest BCUT2D eigenvalue weighted by Crippen LogP contribution is 2.31. The first kappa shape index (κ1) is 15.4. The molecule has 1 aromatic rings. The minimum atomic E-state index is -0.720. The first-order valence-corrected chi connectivity index (χ1v) is 7.30. The molecule has 3 nitrogen and oxygen atoms in total. The summed E-state index contributed by atoms with van der Waals surface area (Å²) in [5, 5.41) is 13.3. The molecule has 0 radical (unpaired) electrons. The molecule has 0 unspecified atom stereocenters. The van der Waals surface area contributed by atoms with E-state index in [1.54, 1.807) is 11.3 Å². The lowest BCUT2D eigenvalue weighted by atomic mass is 10.1. The molecule has 0 aliphatic heterocycles. The number of aliphatic hydroxyl groups is 1. The Balaban J connectivity index is 2.37. The van der Waals surface area contributed by atoms with Crippen LogP contribution >= 0.6 is 38.9 Å². The van der Waals surface area contributed by atoms with E-state index in [9.17, 15) is 5.11 Å². The van der Waals surface area contributed by atoms with Gasteiger partial charge >= 0.3 is 0 Å². The average Bonchev–Trinajstić information content (AvgIpc) is 2.43. The number of halogens is 2. The Bertz CT molecular complexity index is 349. The Morgan fingerprint density at radius 1 is 1.59 bits per heavy atom. The number of nitrogens with one attached hydrogen (secondary N) is 1. The highest BCUT2D eigenvalue weighted by molar-refractivity contribution is 9.10.